The van der Waals surface area contributed by atoms with E-state index >= 15 is 0 Å². The summed E-state index contributed by atoms with van der Waals surface area (Å²) >= 11 is 0. The van der Waals surface area contributed by atoms with Gasteiger partial charge in [0.1, 0.15) is 12.0 Å². The highest BCUT2D eigenvalue weighted by Gasteiger charge is 2.32. The molecule has 7 nitrogen and oxygen atoms in total. The number of nitrogens with one attached hydrogen (secondary N) is 1. The first-order valence-corrected chi connectivity index (χ1v) is 13.1. The van der Waals surface area contributed by atoms with Gasteiger partial charge in [0.05, 0.1) is 6.04 Å². The lowest BCUT2D eigenvalue weighted by Crippen LogP contribution is -2.41. The van der Waals surface area contributed by atoms with Gasteiger partial charge in [0.2, 0.25) is 11.8 Å². The fraction of sp³-hybridized carbons (Fsp3) is 0.433. The Morgan fingerprint density at radius 2 is 1.86 bits per heavy atom. The summed E-state index contributed by atoms with van der Waals surface area (Å²) in [4.78, 5) is 31.8. The minimum Gasteiger partial charge on any atom is -0.484 e. The van der Waals surface area contributed by atoms with Crippen LogP contribution in [0.2, 0.25) is 0 Å². The van der Waals surface area contributed by atoms with Crippen molar-refractivity contribution in [2.45, 2.75) is 60.1 Å². The topological polar surface area (TPSA) is 84.7 Å². The molecule has 2 amide bonds. The summed E-state index contributed by atoms with van der Waals surface area (Å²) in [6.07, 6.45) is 2.67. The highest BCUT2D eigenvalue weighted by atomic mass is 16.5. The number of hydrogen-bond donors (Lipinski definition) is 1. The third-order valence-electron chi connectivity index (χ3n) is 6.46. The SMILES string of the molecule is Cc1ccc([C@H]2c3cc(OCc4nc(C(=O)NCC(C)C)co4)ccc3CCN2C(=O)CC(C)C)cc1. The number of ether oxygens (including phenoxy) is 1. The van der Waals surface area contributed by atoms with E-state index in [9.17, 15) is 9.59 Å². The Balaban J connectivity index is 1.54. The van der Waals surface area contributed by atoms with E-state index in [4.69, 9.17) is 9.15 Å². The van der Waals surface area contributed by atoms with Gasteiger partial charge >= 0.3 is 0 Å². The van der Waals surface area contributed by atoms with Crippen LogP contribution in [-0.4, -0.2) is 34.8 Å². The Labute approximate surface area is 219 Å². The van der Waals surface area contributed by atoms with Gasteiger partial charge in [-0.3, -0.25) is 9.59 Å². The van der Waals surface area contributed by atoms with Crippen LogP contribution in [0.4, 0.5) is 0 Å². The normalized spacial score (nSPS) is 15.1. The van der Waals surface area contributed by atoms with Gasteiger partial charge < -0.3 is 19.4 Å². The summed E-state index contributed by atoms with van der Waals surface area (Å²) in [6, 6.07) is 14.3. The molecule has 2 heterocycles. The number of benzene rings is 2. The first-order valence-electron chi connectivity index (χ1n) is 13.1. The van der Waals surface area contributed by atoms with E-state index < -0.39 is 0 Å². The molecule has 7 heteroatoms. The van der Waals surface area contributed by atoms with Crippen molar-refractivity contribution in [3.05, 3.63) is 82.6 Å². The second kappa shape index (κ2) is 11.6. The second-order valence-electron chi connectivity index (χ2n) is 10.6. The zero-order valence-corrected chi connectivity index (χ0v) is 22.4. The number of hydrogen-bond acceptors (Lipinski definition) is 5. The van der Waals surface area contributed by atoms with Crippen molar-refractivity contribution in [3.63, 3.8) is 0 Å². The molecular formula is C30H37N3O4. The number of aryl methyl sites for hydroxylation is 1. The zero-order chi connectivity index (χ0) is 26.5. The molecule has 0 saturated heterocycles. The zero-order valence-electron chi connectivity index (χ0n) is 22.4. The average molecular weight is 504 g/mol. The number of aromatic nitrogens is 1. The van der Waals surface area contributed by atoms with Crippen molar-refractivity contribution < 1.29 is 18.7 Å². The predicted molar refractivity (Wildman–Crippen MR) is 142 cm³/mol. The Hall–Kier alpha value is -3.61. The number of oxazole rings is 1. The third-order valence-corrected chi connectivity index (χ3v) is 6.46. The molecule has 0 bridgehead atoms. The average Bonchev–Trinajstić information content (AvgIpc) is 3.34. The molecule has 196 valence electrons. The molecule has 0 radical (unpaired) electrons. The third kappa shape index (κ3) is 6.59. The van der Waals surface area contributed by atoms with E-state index in [1.165, 1.54) is 17.4 Å². The van der Waals surface area contributed by atoms with Crippen LogP contribution in [0.15, 0.2) is 53.1 Å². The molecular weight excluding hydrogens is 466 g/mol. The van der Waals surface area contributed by atoms with Crippen molar-refractivity contribution >= 4 is 11.8 Å². The number of nitrogens with zero attached hydrogens (tertiary/aromatic N) is 2. The van der Waals surface area contributed by atoms with Crippen LogP contribution in [0.25, 0.3) is 0 Å². The number of carbonyl (C=O) groups excluding carboxylic acids is 2. The van der Waals surface area contributed by atoms with Gasteiger partial charge in [0.15, 0.2) is 12.3 Å². The van der Waals surface area contributed by atoms with Crippen LogP contribution < -0.4 is 10.1 Å². The summed E-state index contributed by atoms with van der Waals surface area (Å²) in [7, 11) is 0. The molecule has 0 spiro atoms. The van der Waals surface area contributed by atoms with Crippen LogP contribution in [0, 0.1) is 18.8 Å². The van der Waals surface area contributed by atoms with Gasteiger partial charge in [0, 0.05) is 19.5 Å². The molecule has 1 aliphatic heterocycles. The second-order valence-corrected chi connectivity index (χ2v) is 10.6. The Bertz CT molecular complexity index is 1230. The van der Waals surface area contributed by atoms with Crippen LogP contribution in [-0.2, 0) is 17.8 Å². The summed E-state index contributed by atoms with van der Waals surface area (Å²) in [6.45, 7) is 11.6. The predicted octanol–water partition coefficient (Wildman–Crippen LogP) is 5.47. The lowest BCUT2D eigenvalue weighted by Gasteiger charge is -2.38. The quantitative estimate of drug-likeness (QED) is 0.419. The van der Waals surface area contributed by atoms with Crippen molar-refractivity contribution in [1.82, 2.24) is 15.2 Å². The minimum atomic E-state index is -0.260. The van der Waals surface area contributed by atoms with Crippen molar-refractivity contribution in [2.24, 2.45) is 11.8 Å². The van der Waals surface area contributed by atoms with Gasteiger partial charge in [-0.25, -0.2) is 4.98 Å². The van der Waals surface area contributed by atoms with E-state index in [0.717, 1.165) is 17.5 Å². The molecule has 0 fully saturated rings. The fourth-order valence-electron chi connectivity index (χ4n) is 4.54. The molecule has 0 aliphatic carbocycles. The first kappa shape index (κ1) is 26.5. The molecule has 1 aliphatic rings. The van der Waals surface area contributed by atoms with E-state index in [2.05, 4.69) is 61.4 Å². The lowest BCUT2D eigenvalue weighted by molar-refractivity contribution is -0.134. The molecule has 4 rings (SSSR count). The van der Waals surface area contributed by atoms with Crippen LogP contribution in [0.3, 0.4) is 0 Å². The fourth-order valence-corrected chi connectivity index (χ4v) is 4.54. The smallest absolute Gasteiger partial charge is 0.273 e. The van der Waals surface area contributed by atoms with Crippen molar-refractivity contribution in [2.75, 3.05) is 13.1 Å². The summed E-state index contributed by atoms with van der Waals surface area (Å²) in [5.41, 5.74) is 4.80. The molecule has 1 N–H and O–H groups in total. The summed E-state index contributed by atoms with van der Waals surface area (Å²) in [5.74, 6) is 1.54. The first-order chi connectivity index (χ1) is 17.7. The van der Waals surface area contributed by atoms with Crippen LogP contribution in [0.5, 0.6) is 5.75 Å². The number of carbonyl (C=O) groups is 2. The van der Waals surface area contributed by atoms with E-state index in [-0.39, 0.29) is 30.2 Å². The van der Waals surface area contributed by atoms with Crippen molar-refractivity contribution in [3.8, 4) is 5.75 Å². The maximum Gasteiger partial charge on any atom is 0.273 e. The molecule has 37 heavy (non-hydrogen) atoms. The molecule has 1 aromatic heterocycles. The summed E-state index contributed by atoms with van der Waals surface area (Å²) < 4.78 is 11.5. The van der Waals surface area contributed by atoms with Gasteiger partial charge in [-0.2, -0.15) is 0 Å². The van der Waals surface area contributed by atoms with E-state index in [0.29, 0.717) is 43.0 Å². The summed E-state index contributed by atoms with van der Waals surface area (Å²) in [5, 5.41) is 2.83. The Kier molecular flexibility index (Phi) is 8.31. The van der Waals surface area contributed by atoms with Crippen LogP contribution in [0.1, 0.15) is 78.8 Å². The highest BCUT2D eigenvalue weighted by molar-refractivity contribution is 5.91. The standard InChI is InChI=1S/C30H37N3O4/c1-19(2)14-28(34)33-13-12-22-10-11-24(15-25(22)29(33)23-8-6-21(5)7-9-23)36-18-27-32-26(17-37-27)30(35)31-16-20(3)4/h6-11,15,17,19-20,29H,12-14,16,18H2,1-5H3,(H,31,35)/t29-/m0/s1. The molecule has 1 atom stereocenters. The Morgan fingerprint density at radius 1 is 1.11 bits per heavy atom. The van der Waals surface area contributed by atoms with Gasteiger partial charge in [0.25, 0.3) is 5.91 Å². The number of amides is 2. The molecule has 0 unspecified atom stereocenters. The maximum atomic E-state index is 13.2. The number of fused-ring (bicyclic) bond motifs is 1. The van der Waals surface area contributed by atoms with E-state index in [1.54, 1.807) is 0 Å². The Morgan fingerprint density at radius 3 is 2.57 bits per heavy atom. The maximum absolute atomic E-state index is 13.2. The van der Waals surface area contributed by atoms with E-state index in [1.807, 2.05) is 30.9 Å². The lowest BCUT2D eigenvalue weighted by atomic mass is 9.87. The monoisotopic (exact) mass is 503 g/mol. The minimum absolute atomic E-state index is 0.0987. The van der Waals surface area contributed by atoms with Crippen LogP contribution >= 0.6 is 0 Å². The van der Waals surface area contributed by atoms with Gasteiger partial charge in [-0.15, -0.1) is 0 Å². The van der Waals surface area contributed by atoms with Crippen molar-refractivity contribution in [1.29, 1.82) is 0 Å². The number of rotatable bonds is 9. The molecule has 3 aromatic rings. The van der Waals surface area contributed by atoms with Gasteiger partial charge in [-0.1, -0.05) is 63.6 Å². The molecule has 0 saturated carbocycles. The van der Waals surface area contributed by atoms with Gasteiger partial charge in [-0.05, 0) is 54.0 Å². The largest absolute Gasteiger partial charge is 0.484 e. The highest BCUT2D eigenvalue weighted by Crippen LogP contribution is 2.38. The molecule has 2 aromatic carbocycles.